The van der Waals surface area contributed by atoms with Crippen LogP contribution in [0, 0.1) is 5.92 Å². The highest BCUT2D eigenvalue weighted by molar-refractivity contribution is 9.09. The van der Waals surface area contributed by atoms with Gasteiger partial charge in [-0.2, -0.15) is 0 Å². The van der Waals surface area contributed by atoms with Crippen molar-refractivity contribution in [1.29, 1.82) is 0 Å². The molecule has 76 valence electrons. The van der Waals surface area contributed by atoms with Crippen LogP contribution in [0.5, 0.6) is 0 Å². The van der Waals surface area contributed by atoms with E-state index in [9.17, 15) is 4.79 Å². The third-order valence-electron chi connectivity index (χ3n) is 3.70. The van der Waals surface area contributed by atoms with Crippen LogP contribution in [0.1, 0.15) is 32.1 Å². The van der Waals surface area contributed by atoms with E-state index < -0.39 is 0 Å². The third kappa shape index (κ3) is 1.11. The van der Waals surface area contributed by atoms with Crippen molar-refractivity contribution >= 4 is 21.9 Å². The number of halogens is 1. The maximum Gasteiger partial charge on any atom is 0.338 e. The van der Waals surface area contributed by atoms with Gasteiger partial charge in [-0.1, -0.05) is 21.5 Å². The van der Waals surface area contributed by atoms with Gasteiger partial charge < -0.3 is 4.74 Å². The standard InChI is InChI=1S/C11H13BrO2/c12-8-5-4-6-2-1-3-7(6)9-10(8)14-11(9)13/h6,8,10H,1-5H2/t6-,8+,10?/m0/s1. The first-order valence-corrected chi connectivity index (χ1v) is 6.27. The molecule has 2 aliphatic carbocycles. The van der Waals surface area contributed by atoms with Gasteiger partial charge in [-0.25, -0.2) is 4.79 Å². The van der Waals surface area contributed by atoms with Crippen molar-refractivity contribution < 1.29 is 9.53 Å². The fourth-order valence-corrected chi connectivity index (χ4v) is 3.60. The van der Waals surface area contributed by atoms with Gasteiger partial charge in [-0.05, 0) is 38.0 Å². The van der Waals surface area contributed by atoms with E-state index in [1.54, 1.807) is 0 Å². The summed E-state index contributed by atoms with van der Waals surface area (Å²) >= 11 is 3.62. The molecule has 1 saturated heterocycles. The largest absolute Gasteiger partial charge is 0.453 e. The average Bonchev–Trinajstić information content (AvgIpc) is 2.54. The fraction of sp³-hybridized carbons (Fsp3) is 0.727. The molecule has 14 heavy (non-hydrogen) atoms. The fourth-order valence-electron chi connectivity index (χ4n) is 2.97. The first kappa shape index (κ1) is 8.96. The minimum atomic E-state index is -0.0525. The van der Waals surface area contributed by atoms with Crippen molar-refractivity contribution in [3.8, 4) is 0 Å². The number of esters is 1. The molecule has 2 nitrogen and oxygen atoms in total. The van der Waals surface area contributed by atoms with Crippen molar-refractivity contribution in [1.82, 2.24) is 0 Å². The molecular weight excluding hydrogens is 244 g/mol. The highest BCUT2D eigenvalue weighted by atomic mass is 79.9. The van der Waals surface area contributed by atoms with E-state index in [0.717, 1.165) is 18.4 Å². The highest BCUT2D eigenvalue weighted by Crippen LogP contribution is 2.46. The van der Waals surface area contributed by atoms with Crippen LogP contribution in [0.25, 0.3) is 0 Å². The van der Waals surface area contributed by atoms with Crippen LogP contribution in [0.2, 0.25) is 0 Å². The zero-order valence-electron chi connectivity index (χ0n) is 7.96. The summed E-state index contributed by atoms with van der Waals surface area (Å²) in [5.41, 5.74) is 2.44. The molecule has 3 heteroatoms. The van der Waals surface area contributed by atoms with E-state index in [0.29, 0.717) is 10.7 Å². The average molecular weight is 257 g/mol. The van der Waals surface area contributed by atoms with Gasteiger partial charge in [0.15, 0.2) is 0 Å². The van der Waals surface area contributed by atoms with Crippen molar-refractivity contribution in [2.24, 2.45) is 5.92 Å². The molecule has 0 radical (unpaired) electrons. The number of rotatable bonds is 0. The SMILES string of the molecule is O=C1OC2C1=C1CCC[C@H]1CC[C@H]2Br. The lowest BCUT2D eigenvalue weighted by Gasteiger charge is -2.32. The Kier molecular flexibility index (Phi) is 1.98. The smallest absolute Gasteiger partial charge is 0.338 e. The Bertz CT molecular complexity index is 321. The van der Waals surface area contributed by atoms with E-state index in [1.807, 2.05) is 0 Å². The summed E-state index contributed by atoms with van der Waals surface area (Å²) in [6.07, 6.45) is 6.10. The Labute approximate surface area is 91.8 Å². The second-order valence-corrected chi connectivity index (χ2v) is 5.62. The summed E-state index contributed by atoms with van der Waals surface area (Å²) in [5, 5.41) is 0. The predicted molar refractivity (Wildman–Crippen MR) is 56.2 cm³/mol. The highest BCUT2D eigenvalue weighted by Gasteiger charge is 2.46. The molecule has 1 aliphatic heterocycles. The molecule has 0 spiro atoms. The molecule has 3 atom stereocenters. The number of carbonyl (C=O) groups is 1. The molecule has 1 unspecified atom stereocenters. The monoisotopic (exact) mass is 256 g/mol. The predicted octanol–water partition coefficient (Wildman–Crippen LogP) is 2.57. The number of fused-ring (bicyclic) bond motifs is 2. The normalized spacial score (nSPS) is 40.9. The molecule has 0 amide bonds. The first-order valence-electron chi connectivity index (χ1n) is 5.35. The zero-order valence-corrected chi connectivity index (χ0v) is 9.55. The third-order valence-corrected chi connectivity index (χ3v) is 4.63. The lowest BCUT2D eigenvalue weighted by Crippen LogP contribution is -2.42. The lowest BCUT2D eigenvalue weighted by molar-refractivity contribution is -0.155. The number of hydrogen-bond donors (Lipinski definition) is 0. The Hall–Kier alpha value is -0.310. The maximum atomic E-state index is 11.4. The van der Waals surface area contributed by atoms with E-state index in [-0.39, 0.29) is 12.1 Å². The molecule has 3 rings (SSSR count). The van der Waals surface area contributed by atoms with Gasteiger partial charge in [0.05, 0.1) is 10.4 Å². The van der Waals surface area contributed by atoms with Gasteiger partial charge in [0.2, 0.25) is 0 Å². The van der Waals surface area contributed by atoms with Crippen molar-refractivity contribution in [3.05, 3.63) is 11.1 Å². The van der Waals surface area contributed by atoms with E-state index in [1.165, 1.54) is 24.8 Å². The number of carbonyl (C=O) groups excluding carboxylic acids is 1. The van der Waals surface area contributed by atoms with Gasteiger partial charge in [-0.15, -0.1) is 0 Å². The summed E-state index contributed by atoms with van der Waals surface area (Å²) in [7, 11) is 0. The summed E-state index contributed by atoms with van der Waals surface area (Å²) in [6.45, 7) is 0. The van der Waals surface area contributed by atoms with Gasteiger partial charge >= 0.3 is 5.97 Å². The molecular formula is C11H13BrO2. The van der Waals surface area contributed by atoms with Gasteiger partial charge in [-0.3, -0.25) is 0 Å². The van der Waals surface area contributed by atoms with Gasteiger partial charge in [0.1, 0.15) is 6.10 Å². The quantitative estimate of drug-likeness (QED) is 0.492. The first-order chi connectivity index (χ1) is 6.77. The molecule has 0 N–H and O–H groups in total. The minimum Gasteiger partial charge on any atom is -0.453 e. The van der Waals surface area contributed by atoms with E-state index in [4.69, 9.17) is 4.74 Å². The number of allylic oxidation sites excluding steroid dienone is 1. The Morgan fingerprint density at radius 3 is 2.93 bits per heavy atom. The van der Waals surface area contributed by atoms with Crippen LogP contribution >= 0.6 is 15.9 Å². The van der Waals surface area contributed by atoms with E-state index in [2.05, 4.69) is 15.9 Å². The molecule has 0 aromatic carbocycles. The van der Waals surface area contributed by atoms with Crippen molar-refractivity contribution in [2.75, 3.05) is 0 Å². The van der Waals surface area contributed by atoms with Crippen LogP contribution < -0.4 is 0 Å². The van der Waals surface area contributed by atoms with Crippen LogP contribution in [-0.2, 0) is 9.53 Å². The van der Waals surface area contributed by atoms with Crippen LogP contribution in [0.15, 0.2) is 11.1 Å². The second-order valence-electron chi connectivity index (χ2n) is 4.45. The molecule has 0 aromatic heterocycles. The van der Waals surface area contributed by atoms with Crippen molar-refractivity contribution in [3.63, 3.8) is 0 Å². The summed E-state index contributed by atoms with van der Waals surface area (Å²) in [6, 6.07) is 0. The Morgan fingerprint density at radius 2 is 2.14 bits per heavy atom. The van der Waals surface area contributed by atoms with Crippen LogP contribution in [-0.4, -0.2) is 16.9 Å². The number of alkyl halides is 1. The molecule has 3 aliphatic rings. The second kappa shape index (κ2) is 3.09. The maximum absolute atomic E-state index is 11.4. The zero-order chi connectivity index (χ0) is 9.71. The topological polar surface area (TPSA) is 26.3 Å². The van der Waals surface area contributed by atoms with E-state index >= 15 is 0 Å². The number of hydrogen-bond acceptors (Lipinski definition) is 2. The number of ether oxygens (including phenoxy) is 1. The molecule has 2 fully saturated rings. The lowest BCUT2D eigenvalue weighted by atomic mass is 9.93. The minimum absolute atomic E-state index is 0.0525. The van der Waals surface area contributed by atoms with Gasteiger partial charge in [0, 0.05) is 0 Å². The summed E-state index contributed by atoms with van der Waals surface area (Å²) in [4.78, 5) is 11.8. The Balaban J connectivity index is 2.02. The molecule has 0 aromatic rings. The van der Waals surface area contributed by atoms with Gasteiger partial charge in [0.25, 0.3) is 0 Å². The van der Waals surface area contributed by atoms with Crippen molar-refractivity contribution in [2.45, 2.75) is 43.0 Å². The molecule has 0 bridgehead atoms. The Morgan fingerprint density at radius 1 is 1.29 bits per heavy atom. The molecule has 1 heterocycles. The van der Waals surface area contributed by atoms with Crippen LogP contribution in [0.3, 0.4) is 0 Å². The molecule has 1 saturated carbocycles. The summed E-state index contributed by atoms with van der Waals surface area (Å²) < 4.78 is 5.20. The summed E-state index contributed by atoms with van der Waals surface area (Å²) in [5.74, 6) is 0.631. The van der Waals surface area contributed by atoms with Crippen LogP contribution in [0.4, 0.5) is 0 Å².